The fourth-order valence-corrected chi connectivity index (χ4v) is 10.6. The first-order chi connectivity index (χ1) is 10.7. The van der Waals surface area contributed by atoms with E-state index in [1.165, 1.54) is 44.9 Å². The van der Waals surface area contributed by atoms with Gasteiger partial charge in [0.2, 0.25) is 0 Å². The standard InChI is InChI=1S/C20H38NP/c1-16(21(2)3)19-14-9-15-20(19)22(18-12-7-8-13-18)17-10-5-4-6-11-17/h16-20H,4-15H2,1-3H3/t16?,19?,20?,22-/m0/s1. The van der Waals surface area contributed by atoms with Gasteiger partial charge in [-0.15, -0.1) is 0 Å². The third kappa shape index (κ3) is 3.72. The van der Waals surface area contributed by atoms with Crippen molar-refractivity contribution < 1.29 is 0 Å². The van der Waals surface area contributed by atoms with Crippen LogP contribution in [0.4, 0.5) is 0 Å². The van der Waals surface area contributed by atoms with E-state index in [-0.39, 0.29) is 0 Å². The summed E-state index contributed by atoms with van der Waals surface area (Å²) in [6.45, 7) is 2.51. The van der Waals surface area contributed by atoms with Crippen LogP contribution in [0.5, 0.6) is 0 Å². The summed E-state index contributed by atoms with van der Waals surface area (Å²) in [5, 5.41) is 0. The second kappa shape index (κ2) is 7.98. The van der Waals surface area contributed by atoms with Crippen LogP contribution in [0.25, 0.3) is 0 Å². The molecule has 22 heavy (non-hydrogen) atoms. The zero-order chi connectivity index (χ0) is 15.5. The molecule has 0 spiro atoms. The molecule has 128 valence electrons. The lowest BCUT2D eigenvalue weighted by molar-refractivity contribution is 0.231. The molecule has 3 aliphatic carbocycles. The molecule has 0 bridgehead atoms. The Kier molecular flexibility index (Phi) is 6.24. The summed E-state index contributed by atoms with van der Waals surface area (Å²) in [6, 6.07) is 0.794. The molecule has 0 aromatic rings. The zero-order valence-corrected chi connectivity index (χ0v) is 16.2. The summed E-state index contributed by atoms with van der Waals surface area (Å²) >= 11 is 0. The van der Waals surface area contributed by atoms with Crippen LogP contribution in [0, 0.1) is 5.92 Å². The van der Waals surface area contributed by atoms with Gasteiger partial charge < -0.3 is 4.90 Å². The maximum absolute atomic E-state index is 2.51. The second-order valence-corrected chi connectivity index (χ2v) is 11.6. The number of hydrogen-bond acceptors (Lipinski definition) is 1. The second-order valence-electron chi connectivity index (χ2n) is 8.54. The maximum Gasteiger partial charge on any atom is 0.00951 e. The average molecular weight is 324 g/mol. The molecule has 0 radical (unpaired) electrons. The van der Waals surface area contributed by atoms with Crippen LogP contribution < -0.4 is 0 Å². The highest BCUT2D eigenvalue weighted by atomic mass is 31.1. The summed E-state index contributed by atoms with van der Waals surface area (Å²) in [5.41, 5.74) is 3.41. The summed E-state index contributed by atoms with van der Waals surface area (Å²) in [6.07, 6.45) is 18.6. The largest absolute Gasteiger partial charge is 0.306 e. The van der Waals surface area contributed by atoms with Crippen LogP contribution in [0.2, 0.25) is 0 Å². The van der Waals surface area contributed by atoms with E-state index in [0.29, 0.717) is 7.92 Å². The van der Waals surface area contributed by atoms with Gasteiger partial charge in [0, 0.05) is 6.04 Å². The van der Waals surface area contributed by atoms with E-state index in [2.05, 4.69) is 25.9 Å². The molecule has 3 unspecified atom stereocenters. The molecule has 0 heterocycles. The highest BCUT2D eigenvalue weighted by molar-refractivity contribution is 7.60. The SMILES string of the molecule is CC(C1CCCC1[P@@](C1CCCCC1)C1CCCC1)N(C)C. The van der Waals surface area contributed by atoms with Gasteiger partial charge in [-0.3, -0.25) is 0 Å². The van der Waals surface area contributed by atoms with Crippen LogP contribution in [-0.4, -0.2) is 42.0 Å². The van der Waals surface area contributed by atoms with Gasteiger partial charge in [-0.05, 0) is 82.4 Å². The lowest BCUT2D eigenvalue weighted by Crippen LogP contribution is -2.38. The number of nitrogens with zero attached hydrogens (tertiary/aromatic N) is 1. The molecule has 0 aromatic heterocycles. The van der Waals surface area contributed by atoms with E-state index < -0.39 is 0 Å². The van der Waals surface area contributed by atoms with E-state index in [4.69, 9.17) is 0 Å². The lowest BCUT2D eigenvalue weighted by atomic mass is 9.98. The highest BCUT2D eigenvalue weighted by Gasteiger charge is 2.43. The van der Waals surface area contributed by atoms with Crippen molar-refractivity contribution >= 4 is 7.92 Å². The Morgan fingerprint density at radius 3 is 1.82 bits per heavy atom. The molecule has 4 atom stereocenters. The molecule has 3 rings (SSSR count). The van der Waals surface area contributed by atoms with E-state index in [1.807, 2.05) is 0 Å². The zero-order valence-electron chi connectivity index (χ0n) is 15.3. The predicted molar refractivity (Wildman–Crippen MR) is 100 cm³/mol. The molecule has 2 heteroatoms. The molecule has 0 N–H and O–H groups in total. The van der Waals surface area contributed by atoms with Crippen LogP contribution in [0.3, 0.4) is 0 Å². The van der Waals surface area contributed by atoms with Crippen molar-refractivity contribution in [3.05, 3.63) is 0 Å². The molecule has 0 aromatic carbocycles. The van der Waals surface area contributed by atoms with Gasteiger partial charge in [-0.25, -0.2) is 0 Å². The smallest absolute Gasteiger partial charge is 0.00951 e. The topological polar surface area (TPSA) is 3.24 Å². The molecule has 0 aliphatic heterocycles. The van der Waals surface area contributed by atoms with Crippen LogP contribution in [0.1, 0.15) is 84.0 Å². The van der Waals surface area contributed by atoms with Gasteiger partial charge in [-0.1, -0.05) is 46.4 Å². The maximum atomic E-state index is 2.51. The quantitative estimate of drug-likeness (QED) is 0.573. The fraction of sp³-hybridized carbons (Fsp3) is 1.00. The Labute approximate surface area is 140 Å². The van der Waals surface area contributed by atoms with Crippen molar-refractivity contribution in [3.8, 4) is 0 Å². The van der Waals surface area contributed by atoms with Gasteiger partial charge in [0.15, 0.2) is 0 Å². The normalized spacial score (nSPS) is 34.4. The highest BCUT2D eigenvalue weighted by Crippen LogP contribution is 2.64. The van der Waals surface area contributed by atoms with Crippen LogP contribution >= 0.6 is 7.92 Å². The average Bonchev–Trinajstić information content (AvgIpc) is 3.20. The Balaban J connectivity index is 1.77. The van der Waals surface area contributed by atoms with Crippen molar-refractivity contribution in [3.63, 3.8) is 0 Å². The van der Waals surface area contributed by atoms with Gasteiger partial charge in [0.1, 0.15) is 0 Å². The molecule has 0 saturated heterocycles. The van der Waals surface area contributed by atoms with Gasteiger partial charge in [0.05, 0.1) is 0 Å². The number of hydrogen-bond donors (Lipinski definition) is 0. The first kappa shape index (κ1) is 17.2. The van der Waals surface area contributed by atoms with Gasteiger partial charge in [0.25, 0.3) is 0 Å². The predicted octanol–water partition coefficient (Wildman–Crippen LogP) is 5.86. The molecular weight excluding hydrogens is 285 g/mol. The van der Waals surface area contributed by atoms with Crippen molar-refractivity contribution in [1.29, 1.82) is 0 Å². The lowest BCUT2D eigenvalue weighted by Gasteiger charge is -2.43. The molecule has 3 fully saturated rings. The summed E-state index contributed by atoms with van der Waals surface area (Å²) in [5.74, 6) is 1.00. The van der Waals surface area contributed by atoms with E-state index in [1.54, 1.807) is 32.1 Å². The van der Waals surface area contributed by atoms with Gasteiger partial charge >= 0.3 is 0 Å². The first-order valence-electron chi connectivity index (χ1n) is 10.1. The Morgan fingerprint density at radius 2 is 1.27 bits per heavy atom. The monoisotopic (exact) mass is 323 g/mol. The van der Waals surface area contributed by atoms with Gasteiger partial charge in [-0.2, -0.15) is 0 Å². The third-order valence-electron chi connectivity index (χ3n) is 7.09. The van der Waals surface area contributed by atoms with E-state index in [9.17, 15) is 0 Å². The molecule has 3 saturated carbocycles. The molecule has 0 amide bonds. The van der Waals surface area contributed by atoms with E-state index in [0.717, 1.165) is 28.9 Å². The molecule has 1 nitrogen and oxygen atoms in total. The molecular formula is C20H38NP. The van der Waals surface area contributed by atoms with Crippen molar-refractivity contribution in [2.24, 2.45) is 5.92 Å². The molecule has 3 aliphatic rings. The Bertz CT molecular complexity index is 331. The number of rotatable bonds is 5. The third-order valence-corrected chi connectivity index (χ3v) is 11.2. The Hall–Kier alpha value is 0.390. The summed E-state index contributed by atoms with van der Waals surface area (Å²) < 4.78 is 0. The van der Waals surface area contributed by atoms with E-state index >= 15 is 0 Å². The van der Waals surface area contributed by atoms with Crippen molar-refractivity contribution in [1.82, 2.24) is 4.90 Å². The summed E-state index contributed by atoms with van der Waals surface area (Å²) in [7, 11) is 4.90. The van der Waals surface area contributed by atoms with Crippen molar-refractivity contribution in [2.45, 2.75) is 107 Å². The van der Waals surface area contributed by atoms with Crippen LogP contribution in [0.15, 0.2) is 0 Å². The minimum Gasteiger partial charge on any atom is -0.306 e. The summed E-state index contributed by atoms with van der Waals surface area (Å²) in [4.78, 5) is 2.51. The first-order valence-corrected chi connectivity index (χ1v) is 11.7. The minimum atomic E-state index is 0.296. The van der Waals surface area contributed by atoms with Crippen LogP contribution in [-0.2, 0) is 0 Å². The minimum absolute atomic E-state index is 0.296. The Morgan fingerprint density at radius 1 is 0.727 bits per heavy atom. The fourth-order valence-electron chi connectivity index (χ4n) is 5.71. The van der Waals surface area contributed by atoms with Crippen molar-refractivity contribution in [2.75, 3.05) is 14.1 Å².